The van der Waals surface area contributed by atoms with Gasteiger partial charge in [-0.05, 0) is 42.2 Å². The predicted octanol–water partition coefficient (Wildman–Crippen LogP) is 4.22. The molecular formula is C23H24Cl2N2O5S. The monoisotopic (exact) mass is 510 g/mol. The Hall–Kier alpha value is -2.13. The number of hydrogen-bond donors (Lipinski definition) is 2. The lowest BCUT2D eigenvalue weighted by Gasteiger charge is -2.48. The molecule has 2 aliphatic rings. The second-order valence-electron chi connectivity index (χ2n) is 8.57. The van der Waals surface area contributed by atoms with E-state index in [1.165, 1.54) is 11.0 Å². The first kappa shape index (κ1) is 24.0. The van der Waals surface area contributed by atoms with E-state index in [1.807, 2.05) is 0 Å². The highest BCUT2D eigenvalue weighted by molar-refractivity contribution is 7.88. The second-order valence-corrected chi connectivity index (χ2v) is 11.2. The van der Waals surface area contributed by atoms with Gasteiger partial charge in [0.05, 0.1) is 12.3 Å². The van der Waals surface area contributed by atoms with E-state index in [1.54, 1.807) is 36.4 Å². The van der Waals surface area contributed by atoms with Crippen LogP contribution in [0.2, 0.25) is 10.0 Å². The lowest BCUT2D eigenvalue weighted by Crippen LogP contribution is -2.58. The highest BCUT2D eigenvalue weighted by Crippen LogP contribution is 2.47. The average molecular weight is 511 g/mol. The number of rotatable bonds is 5. The van der Waals surface area contributed by atoms with Crippen LogP contribution in [0.4, 0.5) is 0 Å². The fourth-order valence-electron chi connectivity index (χ4n) is 5.11. The molecule has 176 valence electrons. The van der Waals surface area contributed by atoms with Crippen LogP contribution in [0.1, 0.15) is 59.1 Å². The maximum absolute atomic E-state index is 13.8. The van der Waals surface area contributed by atoms with Crippen molar-refractivity contribution < 1.29 is 23.1 Å². The lowest BCUT2D eigenvalue weighted by atomic mass is 9.77. The number of hydrogen-bond acceptors (Lipinski definition) is 4. The molecule has 0 saturated heterocycles. The van der Waals surface area contributed by atoms with Crippen LogP contribution in [0, 0.1) is 0 Å². The third-order valence-corrected chi connectivity index (χ3v) is 7.67. The number of nitrogens with one attached hydrogen (secondary N) is 1. The molecule has 1 amide bonds. The minimum atomic E-state index is -3.55. The van der Waals surface area contributed by atoms with Crippen molar-refractivity contribution >= 4 is 45.1 Å². The summed E-state index contributed by atoms with van der Waals surface area (Å²) < 4.78 is 26.8. The second kappa shape index (κ2) is 9.25. The number of halogens is 2. The van der Waals surface area contributed by atoms with Gasteiger partial charge in [-0.15, -0.1) is 0 Å². The Labute approximate surface area is 202 Å². The Morgan fingerprint density at radius 1 is 1.09 bits per heavy atom. The number of benzene rings is 2. The smallest absolute Gasteiger partial charge is 0.313 e. The van der Waals surface area contributed by atoms with Crippen molar-refractivity contribution in [3.63, 3.8) is 0 Å². The van der Waals surface area contributed by atoms with Crippen LogP contribution in [0.25, 0.3) is 0 Å². The molecule has 2 N–H and O–H groups in total. The van der Waals surface area contributed by atoms with Gasteiger partial charge in [0.15, 0.2) is 0 Å². The van der Waals surface area contributed by atoms with Gasteiger partial charge in [0, 0.05) is 27.7 Å². The molecule has 0 radical (unpaired) electrons. The maximum atomic E-state index is 13.8. The van der Waals surface area contributed by atoms with E-state index >= 15 is 0 Å². The van der Waals surface area contributed by atoms with Gasteiger partial charge in [0.25, 0.3) is 5.91 Å². The van der Waals surface area contributed by atoms with Crippen LogP contribution in [0.15, 0.2) is 42.5 Å². The summed E-state index contributed by atoms with van der Waals surface area (Å²) in [7, 11) is -3.55. The molecule has 4 atom stereocenters. The van der Waals surface area contributed by atoms with E-state index < -0.39 is 40.0 Å². The summed E-state index contributed by atoms with van der Waals surface area (Å²) >= 11 is 12.6. The van der Waals surface area contributed by atoms with Gasteiger partial charge in [-0.1, -0.05) is 60.3 Å². The van der Waals surface area contributed by atoms with E-state index in [4.69, 9.17) is 23.2 Å². The van der Waals surface area contributed by atoms with Crippen molar-refractivity contribution in [2.24, 2.45) is 0 Å². The SMILES string of the molecule is CS(=O)(=O)N[C@@H]1CCCC[C@H]1N1C(=O)c2ccccc2[C@H](C(=O)O)[C@H]1c1ccc(Cl)cc1Cl. The zero-order valence-corrected chi connectivity index (χ0v) is 20.2. The van der Waals surface area contributed by atoms with Gasteiger partial charge in [-0.3, -0.25) is 9.59 Å². The molecule has 1 heterocycles. The third kappa shape index (κ3) is 4.75. The number of amides is 1. The van der Waals surface area contributed by atoms with Gasteiger partial charge in [0.2, 0.25) is 10.0 Å². The number of carboxylic acid groups (broad SMARTS) is 1. The normalized spacial score (nSPS) is 25.5. The Bertz CT molecular complexity index is 1200. The molecule has 0 spiro atoms. The molecule has 4 rings (SSSR count). The topological polar surface area (TPSA) is 104 Å². The van der Waals surface area contributed by atoms with Crippen molar-refractivity contribution in [3.05, 3.63) is 69.2 Å². The molecule has 2 aromatic carbocycles. The van der Waals surface area contributed by atoms with Crippen LogP contribution in [-0.4, -0.2) is 48.6 Å². The van der Waals surface area contributed by atoms with E-state index in [0.717, 1.165) is 19.1 Å². The van der Waals surface area contributed by atoms with Gasteiger partial charge < -0.3 is 10.0 Å². The van der Waals surface area contributed by atoms with Crippen LogP contribution in [0.3, 0.4) is 0 Å². The quantitative estimate of drug-likeness (QED) is 0.626. The van der Waals surface area contributed by atoms with E-state index in [2.05, 4.69) is 4.72 Å². The molecule has 33 heavy (non-hydrogen) atoms. The molecule has 2 aromatic rings. The number of sulfonamides is 1. The number of aliphatic carboxylic acids is 1. The molecule has 10 heteroatoms. The molecule has 1 fully saturated rings. The zero-order valence-electron chi connectivity index (χ0n) is 17.9. The predicted molar refractivity (Wildman–Crippen MR) is 126 cm³/mol. The maximum Gasteiger partial charge on any atom is 0.313 e. The summed E-state index contributed by atoms with van der Waals surface area (Å²) in [5.41, 5.74) is 1.17. The van der Waals surface area contributed by atoms with Crippen molar-refractivity contribution in [1.82, 2.24) is 9.62 Å². The number of carbonyl (C=O) groups is 2. The Balaban J connectivity index is 1.93. The van der Waals surface area contributed by atoms with Gasteiger partial charge >= 0.3 is 5.97 Å². The van der Waals surface area contributed by atoms with Gasteiger partial charge in [-0.25, -0.2) is 13.1 Å². The highest BCUT2D eigenvalue weighted by Gasteiger charge is 2.49. The summed E-state index contributed by atoms with van der Waals surface area (Å²) in [6, 6.07) is 9.42. The molecule has 0 bridgehead atoms. The summed E-state index contributed by atoms with van der Waals surface area (Å²) in [6.45, 7) is 0. The van der Waals surface area contributed by atoms with Crippen molar-refractivity contribution in [2.75, 3.05) is 6.26 Å². The first-order chi connectivity index (χ1) is 15.6. The van der Waals surface area contributed by atoms with E-state index in [-0.39, 0.29) is 10.9 Å². The summed E-state index contributed by atoms with van der Waals surface area (Å²) in [6.07, 6.45) is 3.75. The van der Waals surface area contributed by atoms with Crippen molar-refractivity contribution in [2.45, 2.75) is 49.7 Å². The van der Waals surface area contributed by atoms with Gasteiger partial charge in [0.1, 0.15) is 5.92 Å². The first-order valence-corrected chi connectivity index (χ1v) is 13.3. The molecule has 1 aliphatic heterocycles. The standard InChI is InChI=1S/C23H24Cl2N2O5S/c1-33(31,32)26-18-8-4-5-9-19(18)27-21(16-11-10-13(24)12-17(16)25)20(23(29)30)14-6-2-3-7-15(14)22(27)28/h2-3,6-7,10-12,18-21,26H,4-5,8-9H2,1H3,(H,29,30)/t18-,19-,20+,21-/m1/s1. The van der Waals surface area contributed by atoms with E-state index in [9.17, 15) is 23.1 Å². The van der Waals surface area contributed by atoms with Crippen LogP contribution in [-0.2, 0) is 14.8 Å². The minimum absolute atomic E-state index is 0.249. The van der Waals surface area contributed by atoms with E-state index in [0.29, 0.717) is 34.6 Å². The molecular weight excluding hydrogens is 487 g/mol. The van der Waals surface area contributed by atoms with Crippen LogP contribution in [0.5, 0.6) is 0 Å². The molecule has 0 aromatic heterocycles. The minimum Gasteiger partial charge on any atom is -0.481 e. The number of carbonyl (C=O) groups excluding carboxylic acids is 1. The third-order valence-electron chi connectivity index (χ3n) is 6.38. The summed E-state index contributed by atoms with van der Waals surface area (Å²) in [5, 5.41) is 10.9. The fourth-order valence-corrected chi connectivity index (χ4v) is 6.46. The zero-order chi connectivity index (χ0) is 23.9. The van der Waals surface area contributed by atoms with Crippen LogP contribution >= 0.6 is 23.2 Å². The lowest BCUT2D eigenvalue weighted by molar-refractivity contribution is -0.141. The number of nitrogens with zero attached hydrogens (tertiary/aromatic N) is 1. The fraction of sp³-hybridized carbons (Fsp3) is 0.391. The first-order valence-electron chi connectivity index (χ1n) is 10.6. The van der Waals surface area contributed by atoms with Gasteiger partial charge in [-0.2, -0.15) is 0 Å². The molecule has 1 aliphatic carbocycles. The highest BCUT2D eigenvalue weighted by atomic mass is 35.5. The molecule has 0 unspecified atom stereocenters. The van der Waals surface area contributed by atoms with Crippen molar-refractivity contribution in [1.29, 1.82) is 0 Å². The molecule has 1 saturated carbocycles. The number of carboxylic acids is 1. The Kier molecular flexibility index (Phi) is 6.73. The van der Waals surface area contributed by atoms with Crippen molar-refractivity contribution in [3.8, 4) is 0 Å². The van der Waals surface area contributed by atoms with Crippen LogP contribution < -0.4 is 4.72 Å². The summed E-state index contributed by atoms with van der Waals surface area (Å²) in [5.74, 6) is -2.52. The Morgan fingerprint density at radius 3 is 2.45 bits per heavy atom. The average Bonchev–Trinajstić information content (AvgIpc) is 2.73. The largest absolute Gasteiger partial charge is 0.481 e. The Morgan fingerprint density at radius 2 is 1.79 bits per heavy atom. The number of fused-ring (bicyclic) bond motifs is 1. The summed E-state index contributed by atoms with van der Waals surface area (Å²) in [4.78, 5) is 28.0. The molecule has 7 nitrogen and oxygen atoms in total.